The second-order valence-corrected chi connectivity index (χ2v) is 5.91. The van der Waals surface area contributed by atoms with E-state index in [-0.39, 0.29) is 11.8 Å². The van der Waals surface area contributed by atoms with Crippen LogP contribution in [0.2, 0.25) is 0 Å². The van der Waals surface area contributed by atoms with Gasteiger partial charge in [-0.05, 0) is 50.1 Å². The van der Waals surface area contributed by atoms with Crippen molar-refractivity contribution in [1.29, 1.82) is 0 Å². The molecule has 5 nitrogen and oxygen atoms in total. The predicted molar refractivity (Wildman–Crippen MR) is 97.1 cm³/mol. The number of benzene rings is 1. The van der Waals surface area contributed by atoms with Gasteiger partial charge in [-0.2, -0.15) is 0 Å². The maximum absolute atomic E-state index is 15.1. The molecule has 0 saturated carbocycles. The molecule has 3 rings (SSSR count). The molecular formula is C19H19FN4O. The number of hydrogen-bond acceptors (Lipinski definition) is 3. The van der Waals surface area contributed by atoms with Crippen molar-refractivity contribution >= 4 is 22.6 Å². The molecule has 0 aliphatic carbocycles. The number of aryl methyl sites for hydroxylation is 2. The molecule has 0 radical (unpaired) electrons. The number of hydrogen-bond donors (Lipinski definition) is 2. The lowest BCUT2D eigenvalue weighted by Gasteiger charge is -2.12. The van der Waals surface area contributed by atoms with E-state index >= 15 is 4.39 Å². The van der Waals surface area contributed by atoms with Crippen molar-refractivity contribution in [3.63, 3.8) is 0 Å². The van der Waals surface area contributed by atoms with Gasteiger partial charge in [-0.25, -0.2) is 14.2 Å². The molecular weight excluding hydrogens is 319 g/mol. The first-order valence-electron chi connectivity index (χ1n) is 8.05. The Morgan fingerprint density at radius 2 is 1.92 bits per heavy atom. The largest absolute Gasteiger partial charge is 0.338 e. The molecule has 0 saturated heterocycles. The Bertz CT molecular complexity index is 956. The number of nitrogens with zero attached hydrogens (tertiary/aromatic N) is 2. The SMILES string of the molecule is CCNC(=O)Nc1cc2c(F)c(-c3cncc(C)c3)cc(C)c2cn1. The molecule has 128 valence electrons. The van der Waals surface area contributed by atoms with E-state index in [0.717, 1.165) is 16.7 Å². The molecule has 6 heteroatoms. The average molecular weight is 338 g/mol. The van der Waals surface area contributed by atoms with Crippen LogP contribution in [0, 0.1) is 19.7 Å². The Hall–Kier alpha value is -3.02. The molecule has 0 bridgehead atoms. The Kier molecular flexibility index (Phi) is 4.61. The van der Waals surface area contributed by atoms with E-state index in [2.05, 4.69) is 20.6 Å². The van der Waals surface area contributed by atoms with Gasteiger partial charge in [-0.3, -0.25) is 10.3 Å². The molecule has 0 aliphatic heterocycles. The number of nitrogens with one attached hydrogen (secondary N) is 2. The minimum Gasteiger partial charge on any atom is -0.338 e. The highest BCUT2D eigenvalue weighted by Gasteiger charge is 2.14. The van der Waals surface area contributed by atoms with Gasteiger partial charge in [0.05, 0.1) is 0 Å². The van der Waals surface area contributed by atoms with Crippen molar-refractivity contribution in [2.24, 2.45) is 0 Å². The van der Waals surface area contributed by atoms with Crippen molar-refractivity contribution in [3.05, 3.63) is 53.7 Å². The van der Waals surface area contributed by atoms with Crippen molar-refractivity contribution in [1.82, 2.24) is 15.3 Å². The molecule has 0 spiro atoms. The quantitative estimate of drug-likeness (QED) is 0.752. The number of halogens is 1. The second-order valence-electron chi connectivity index (χ2n) is 5.91. The number of urea groups is 1. The Labute approximate surface area is 145 Å². The van der Waals surface area contributed by atoms with Crippen LogP contribution in [0.4, 0.5) is 15.0 Å². The number of carbonyl (C=O) groups is 1. The van der Waals surface area contributed by atoms with Gasteiger partial charge >= 0.3 is 6.03 Å². The lowest BCUT2D eigenvalue weighted by molar-refractivity contribution is 0.252. The van der Waals surface area contributed by atoms with Gasteiger partial charge in [-0.15, -0.1) is 0 Å². The summed E-state index contributed by atoms with van der Waals surface area (Å²) in [5.41, 5.74) is 3.07. The third kappa shape index (κ3) is 3.42. The van der Waals surface area contributed by atoms with Crippen LogP contribution in [0.25, 0.3) is 21.9 Å². The highest BCUT2D eigenvalue weighted by Crippen LogP contribution is 2.32. The maximum Gasteiger partial charge on any atom is 0.320 e. The van der Waals surface area contributed by atoms with Crippen LogP contribution in [0.5, 0.6) is 0 Å². The van der Waals surface area contributed by atoms with Crippen molar-refractivity contribution in [3.8, 4) is 11.1 Å². The molecule has 0 fully saturated rings. The second kappa shape index (κ2) is 6.84. The summed E-state index contributed by atoms with van der Waals surface area (Å²) < 4.78 is 15.1. The van der Waals surface area contributed by atoms with E-state index in [1.54, 1.807) is 30.7 Å². The van der Waals surface area contributed by atoms with Gasteiger partial charge in [0.1, 0.15) is 11.6 Å². The summed E-state index contributed by atoms with van der Waals surface area (Å²) in [7, 11) is 0. The summed E-state index contributed by atoms with van der Waals surface area (Å²) in [5.74, 6) is -0.0504. The number of pyridine rings is 2. The minimum absolute atomic E-state index is 0.302. The molecule has 2 heterocycles. The zero-order valence-electron chi connectivity index (χ0n) is 14.4. The first-order valence-corrected chi connectivity index (χ1v) is 8.05. The van der Waals surface area contributed by atoms with Gasteiger partial charge in [0.15, 0.2) is 0 Å². The van der Waals surface area contributed by atoms with E-state index in [9.17, 15) is 4.79 Å². The number of amides is 2. The summed E-state index contributed by atoms with van der Waals surface area (Å²) in [6.45, 7) is 6.14. The first kappa shape index (κ1) is 16.8. The number of rotatable bonds is 3. The summed E-state index contributed by atoms with van der Waals surface area (Å²) in [5, 5.41) is 6.36. The van der Waals surface area contributed by atoms with Crippen molar-refractivity contribution < 1.29 is 9.18 Å². The van der Waals surface area contributed by atoms with Crippen LogP contribution in [0.1, 0.15) is 18.1 Å². The number of fused-ring (bicyclic) bond motifs is 1. The van der Waals surface area contributed by atoms with Crippen LogP contribution in [0.15, 0.2) is 36.8 Å². The van der Waals surface area contributed by atoms with Gasteiger partial charge in [0.25, 0.3) is 0 Å². The maximum atomic E-state index is 15.1. The summed E-state index contributed by atoms with van der Waals surface area (Å²) >= 11 is 0. The standard InChI is InChI=1S/C19H19FN4O/c1-4-22-19(25)24-17-7-15-16(10-23-17)12(3)6-14(18(15)20)13-5-11(2)8-21-9-13/h5-10H,4H2,1-3H3,(H2,22,23,24,25). The molecule has 0 aliphatic rings. The predicted octanol–water partition coefficient (Wildman–Crippen LogP) is 4.19. The van der Waals surface area contributed by atoms with Crippen molar-refractivity contribution in [2.75, 3.05) is 11.9 Å². The highest BCUT2D eigenvalue weighted by atomic mass is 19.1. The average Bonchev–Trinajstić information content (AvgIpc) is 2.58. The van der Waals surface area contributed by atoms with Crippen LogP contribution >= 0.6 is 0 Å². The first-order chi connectivity index (χ1) is 12.0. The van der Waals surface area contributed by atoms with Crippen LogP contribution in [-0.2, 0) is 0 Å². The Morgan fingerprint density at radius 3 is 2.64 bits per heavy atom. The molecule has 25 heavy (non-hydrogen) atoms. The summed E-state index contributed by atoms with van der Waals surface area (Å²) in [6.07, 6.45) is 4.95. The fourth-order valence-electron chi connectivity index (χ4n) is 2.76. The zero-order chi connectivity index (χ0) is 18.0. The monoisotopic (exact) mass is 338 g/mol. The van der Waals surface area contributed by atoms with E-state index in [1.807, 2.05) is 26.8 Å². The molecule has 0 unspecified atom stereocenters. The fourth-order valence-corrected chi connectivity index (χ4v) is 2.76. The molecule has 2 aromatic heterocycles. The van der Waals surface area contributed by atoms with E-state index in [1.165, 1.54) is 0 Å². The fraction of sp³-hybridized carbons (Fsp3) is 0.211. The lowest BCUT2D eigenvalue weighted by atomic mass is 9.98. The summed E-state index contributed by atoms with van der Waals surface area (Å²) in [4.78, 5) is 20.0. The minimum atomic E-state index is -0.370. The van der Waals surface area contributed by atoms with Crippen LogP contribution in [0.3, 0.4) is 0 Å². The number of carbonyl (C=O) groups excluding carboxylic acids is 1. The van der Waals surface area contributed by atoms with E-state index in [0.29, 0.717) is 28.7 Å². The van der Waals surface area contributed by atoms with Gasteiger partial charge in [-0.1, -0.05) is 0 Å². The van der Waals surface area contributed by atoms with Crippen molar-refractivity contribution in [2.45, 2.75) is 20.8 Å². The highest BCUT2D eigenvalue weighted by molar-refractivity contribution is 5.95. The molecule has 0 atom stereocenters. The van der Waals surface area contributed by atoms with Gasteiger partial charge in [0.2, 0.25) is 0 Å². The zero-order valence-corrected chi connectivity index (χ0v) is 14.4. The Morgan fingerprint density at radius 1 is 1.12 bits per heavy atom. The number of anilines is 1. The van der Waals surface area contributed by atoms with Gasteiger partial charge < -0.3 is 5.32 Å². The molecule has 2 N–H and O–H groups in total. The molecule has 1 aromatic carbocycles. The topological polar surface area (TPSA) is 66.9 Å². The normalized spacial score (nSPS) is 10.7. The van der Waals surface area contributed by atoms with E-state index < -0.39 is 0 Å². The van der Waals surface area contributed by atoms with E-state index in [4.69, 9.17) is 0 Å². The van der Waals surface area contributed by atoms with Gasteiger partial charge in [0, 0.05) is 47.0 Å². The Balaban J connectivity index is 2.12. The number of aromatic nitrogens is 2. The smallest absolute Gasteiger partial charge is 0.320 e. The third-order valence-corrected chi connectivity index (χ3v) is 3.93. The van der Waals surface area contributed by atoms with Crippen LogP contribution in [-0.4, -0.2) is 22.5 Å². The van der Waals surface area contributed by atoms with Crippen LogP contribution < -0.4 is 10.6 Å². The molecule has 2 amide bonds. The molecule has 3 aromatic rings. The summed E-state index contributed by atoms with van der Waals surface area (Å²) in [6, 6.07) is 4.88. The third-order valence-electron chi connectivity index (χ3n) is 3.93. The lowest BCUT2D eigenvalue weighted by Crippen LogP contribution is -2.28.